The molecule has 1 fully saturated rings. The first-order chi connectivity index (χ1) is 18.3. The number of benzene rings is 1. The molecule has 0 spiro atoms. The normalized spacial score (nSPS) is 15.0. The number of carbonyl (C=O) groups is 1. The number of aromatic nitrogens is 4. The standard InChI is InChI=1S/C26H36N8O4/c1-4-5-17(2)29-23-22-20(30-26(27)31-23)15-28-34(25(22)37)16-19-7-6-18(14-21(19)38-3)24(36)33-10-8-32(9-11-33)12-13-35/h6-7,14-15,17,35H,4-5,8-13,16H2,1-3H3,(H3,27,29,30,31)/t17-/m1/s1. The summed E-state index contributed by atoms with van der Waals surface area (Å²) < 4.78 is 6.92. The van der Waals surface area contributed by atoms with Crippen LogP contribution in [0.5, 0.6) is 5.75 Å². The summed E-state index contributed by atoms with van der Waals surface area (Å²) in [5.74, 6) is 0.874. The van der Waals surface area contributed by atoms with Crippen molar-refractivity contribution in [2.75, 3.05) is 57.5 Å². The smallest absolute Gasteiger partial charge is 0.280 e. The fraction of sp³-hybridized carbons (Fsp3) is 0.500. The average Bonchev–Trinajstić information content (AvgIpc) is 2.90. The highest BCUT2D eigenvalue weighted by Crippen LogP contribution is 2.23. The van der Waals surface area contributed by atoms with E-state index in [9.17, 15) is 9.59 Å². The lowest BCUT2D eigenvalue weighted by Crippen LogP contribution is -2.49. The van der Waals surface area contributed by atoms with Gasteiger partial charge in [0.05, 0.1) is 26.5 Å². The van der Waals surface area contributed by atoms with Gasteiger partial charge in [-0.15, -0.1) is 0 Å². The zero-order valence-corrected chi connectivity index (χ0v) is 22.2. The maximum atomic E-state index is 13.5. The number of aliphatic hydroxyl groups excluding tert-OH is 1. The number of aliphatic hydroxyl groups is 1. The van der Waals surface area contributed by atoms with Gasteiger partial charge in [0.2, 0.25) is 5.95 Å². The molecule has 12 heteroatoms. The molecule has 3 heterocycles. The van der Waals surface area contributed by atoms with Gasteiger partial charge in [0, 0.05) is 49.9 Å². The van der Waals surface area contributed by atoms with Crippen molar-refractivity contribution in [1.82, 2.24) is 29.5 Å². The molecule has 0 radical (unpaired) electrons. The minimum Gasteiger partial charge on any atom is -0.496 e. The molecule has 1 atom stereocenters. The Kier molecular flexibility index (Phi) is 8.74. The molecular formula is C26H36N8O4. The first-order valence-corrected chi connectivity index (χ1v) is 12.9. The lowest BCUT2D eigenvalue weighted by Gasteiger charge is -2.34. The summed E-state index contributed by atoms with van der Waals surface area (Å²) in [5.41, 5.74) is 7.12. The van der Waals surface area contributed by atoms with E-state index >= 15 is 0 Å². The predicted octanol–water partition coefficient (Wildman–Crippen LogP) is 1.18. The number of amides is 1. The second-order valence-electron chi connectivity index (χ2n) is 9.52. The molecule has 1 amide bonds. The van der Waals surface area contributed by atoms with Gasteiger partial charge >= 0.3 is 0 Å². The van der Waals surface area contributed by atoms with Crippen molar-refractivity contribution < 1.29 is 14.6 Å². The highest BCUT2D eigenvalue weighted by atomic mass is 16.5. The molecule has 204 valence electrons. The van der Waals surface area contributed by atoms with E-state index in [1.165, 1.54) is 18.0 Å². The molecule has 1 aliphatic heterocycles. The van der Waals surface area contributed by atoms with Gasteiger partial charge in [0.1, 0.15) is 22.5 Å². The number of nitrogens with one attached hydrogen (secondary N) is 1. The third-order valence-corrected chi connectivity index (χ3v) is 6.76. The third-order valence-electron chi connectivity index (χ3n) is 6.76. The van der Waals surface area contributed by atoms with Crippen LogP contribution in [0.4, 0.5) is 11.8 Å². The van der Waals surface area contributed by atoms with Gasteiger partial charge in [-0.3, -0.25) is 14.5 Å². The van der Waals surface area contributed by atoms with Gasteiger partial charge in [-0.05, 0) is 25.5 Å². The predicted molar refractivity (Wildman–Crippen MR) is 146 cm³/mol. The van der Waals surface area contributed by atoms with Gasteiger partial charge in [0.15, 0.2) is 0 Å². The van der Waals surface area contributed by atoms with Crippen molar-refractivity contribution in [3.05, 3.63) is 45.9 Å². The zero-order valence-electron chi connectivity index (χ0n) is 22.2. The van der Waals surface area contributed by atoms with Gasteiger partial charge in [-0.1, -0.05) is 19.4 Å². The summed E-state index contributed by atoms with van der Waals surface area (Å²) in [6.07, 6.45) is 3.40. The molecule has 1 saturated heterocycles. The number of rotatable bonds is 10. The second-order valence-corrected chi connectivity index (χ2v) is 9.52. The minimum atomic E-state index is -0.350. The van der Waals surface area contributed by atoms with E-state index in [0.29, 0.717) is 53.2 Å². The molecule has 0 aliphatic carbocycles. The first-order valence-electron chi connectivity index (χ1n) is 12.9. The highest BCUT2D eigenvalue weighted by Gasteiger charge is 2.23. The van der Waals surface area contributed by atoms with Crippen molar-refractivity contribution in [3.63, 3.8) is 0 Å². The lowest BCUT2D eigenvalue weighted by molar-refractivity contribution is 0.0614. The third kappa shape index (κ3) is 6.03. The summed E-state index contributed by atoms with van der Waals surface area (Å²) in [6.45, 7) is 7.62. The molecule has 12 nitrogen and oxygen atoms in total. The second kappa shape index (κ2) is 12.2. The number of ether oxygens (including phenoxy) is 1. The van der Waals surface area contributed by atoms with E-state index in [-0.39, 0.29) is 36.6 Å². The summed E-state index contributed by atoms with van der Waals surface area (Å²) in [7, 11) is 1.53. The maximum absolute atomic E-state index is 13.5. The quantitative estimate of drug-likeness (QED) is 0.352. The van der Waals surface area contributed by atoms with Crippen LogP contribution in [0.15, 0.2) is 29.2 Å². The number of anilines is 2. The Labute approximate surface area is 221 Å². The SMILES string of the molecule is CCC[C@@H](C)Nc1nc(N)nc2cnn(Cc3ccc(C(=O)N4CCN(CCO)CC4)cc3OC)c(=O)c12. The first kappa shape index (κ1) is 27.3. The lowest BCUT2D eigenvalue weighted by atomic mass is 10.1. The topological polar surface area (TPSA) is 152 Å². The number of piperazine rings is 1. The number of β-amino-alcohol motifs (C(OH)–C–C–N with tert-alkyl or cyclic N) is 1. The van der Waals surface area contributed by atoms with Gasteiger partial charge < -0.3 is 25.8 Å². The molecular weight excluding hydrogens is 488 g/mol. The fourth-order valence-corrected chi connectivity index (χ4v) is 4.73. The summed E-state index contributed by atoms with van der Waals surface area (Å²) in [4.78, 5) is 39.0. The van der Waals surface area contributed by atoms with Crippen LogP contribution in [0.25, 0.3) is 10.9 Å². The van der Waals surface area contributed by atoms with Crippen LogP contribution in [0.1, 0.15) is 42.6 Å². The highest BCUT2D eigenvalue weighted by molar-refractivity contribution is 5.95. The number of nitrogens with zero attached hydrogens (tertiary/aromatic N) is 6. The van der Waals surface area contributed by atoms with Crippen LogP contribution in [-0.2, 0) is 6.54 Å². The molecule has 4 N–H and O–H groups in total. The van der Waals surface area contributed by atoms with Crippen molar-refractivity contribution in [2.45, 2.75) is 39.3 Å². The van der Waals surface area contributed by atoms with Gasteiger partial charge in [0.25, 0.3) is 11.5 Å². The van der Waals surface area contributed by atoms with Gasteiger partial charge in [-0.25, -0.2) is 9.67 Å². The Bertz CT molecular complexity index is 1340. The Morgan fingerprint density at radius 1 is 1.24 bits per heavy atom. The maximum Gasteiger partial charge on any atom is 0.280 e. The summed E-state index contributed by atoms with van der Waals surface area (Å²) in [6, 6.07) is 5.33. The van der Waals surface area contributed by atoms with E-state index in [2.05, 4.69) is 32.2 Å². The van der Waals surface area contributed by atoms with Crippen LogP contribution in [0, 0.1) is 0 Å². The van der Waals surface area contributed by atoms with E-state index in [4.69, 9.17) is 15.6 Å². The molecule has 1 aromatic carbocycles. The Morgan fingerprint density at radius 3 is 2.68 bits per heavy atom. The number of hydrogen-bond acceptors (Lipinski definition) is 10. The number of nitrogens with two attached hydrogens (primary N) is 1. The number of fused-ring (bicyclic) bond motifs is 1. The fourth-order valence-electron chi connectivity index (χ4n) is 4.73. The number of carbonyl (C=O) groups excluding carboxylic acids is 1. The molecule has 3 aromatic rings. The van der Waals surface area contributed by atoms with E-state index in [1.807, 2.05) is 6.92 Å². The van der Waals surface area contributed by atoms with Crippen LogP contribution in [0.3, 0.4) is 0 Å². The van der Waals surface area contributed by atoms with Crippen molar-refractivity contribution in [3.8, 4) is 5.75 Å². The average molecular weight is 525 g/mol. The monoisotopic (exact) mass is 524 g/mol. The molecule has 0 bridgehead atoms. The van der Waals surface area contributed by atoms with E-state index in [1.54, 1.807) is 23.1 Å². The molecule has 38 heavy (non-hydrogen) atoms. The molecule has 2 aromatic heterocycles. The minimum absolute atomic E-state index is 0.0689. The molecule has 0 unspecified atom stereocenters. The van der Waals surface area contributed by atoms with Crippen molar-refractivity contribution >= 4 is 28.6 Å². The summed E-state index contributed by atoms with van der Waals surface area (Å²) in [5, 5.41) is 17.0. The van der Waals surface area contributed by atoms with Crippen LogP contribution < -0.4 is 21.3 Å². The zero-order chi connectivity index (χ0) is 27.2. The Morgan fingerprint density at radius 2 is 2.00 bits per heavy atom. The van der Waals surface area contributed by atoms with Gasteiger partial charge in [-0.2, -0.15) is 10.1 Å². The number of methoxy groups -OCH3 is 1. The molecule has 1 aliphatic rings. The van der Waals surface area contributed by atoms with Crippen LogP contribution >= 0.6 is 0 Å². The van der Waals surface area contributed by atoms with Crippen LogP contribution in [-0.4, -0.2) is 93.0 Å². The largest absolute Gasteiger partial charge is 0.496 e. The Balaban J connectivity index is 1.58. The molecule has 4 rings (SSSR count). The molecule has 0 saturated carbocycles. The number of hydrogen-bond donors (Lipinski definition) is 3. The summed E-state index contributed by atoms with van der Waals surface area (Å²) >= 11 is 0. The van der Waals surface area contributed by atoms with Crippen LogP contribution in [0.2, 0.25) is 0 Å². The van der Waals surface area contributed by atoms with Crippen molar-refractivity contribution in [1.29, 1.82) is 0 Å². The van der Waals surface area contributed by atoms with E-state index < -0.39 is 0 Å². The Hall–Kier alpha value is -3.77. The number of nitrogen functional groups attached to an aromatic ring is 1. The van der Waals surface area contributed by atoms with Crippen molar-refractivity contribution in [2.24, 2.45) is 0 Å². The van der Waals surface area contributed by atoms with E-state index in [0.717, 1.165) is 25.9 Å².